The molecular formula is C16H9FN4O2. The summed E-state index contributed by atoms with van der Waals surface area (Å²) < 4.78 is 14.6. The van der Waals surface area contributed by atoms with Crippen LogP contribution in [-0.4, -0.2) is 25.8 Å². The van der Waals surface area contributed by atoms with E-state index in [4.69, 9.17) is 5.11 Å². The van der Waals surface area contributed by atoms with Crippen molar-refractivity contribution in [3.8, 4) is 23.0 Å². The Morgan fingerprint density at radius 1 is 1.30 bits per heavy atom. The molecule has 23 heavy (non-hydrogen) atoms. The normalized spacial score (nSPS) is 10.3. The molecule has 2 aromatic heterocycles. The topological polar surface area (TPSA) is 91.8 Å². The third-order valence-corrected chi connectivity index (χ3v) is 3.21. The van der Waals surface area contributed by atoms with Crippen molar-refractivity contribution in [2.45, 2.75) is 0 Å². The predicted octanol–water partition coefficient (Wildman–Crippen LogP) is 2.64. The van der Waals surface area contributed by atoms with E-state index in [0.717, 1.165) is 0 Å². The summed E-state index contributed by atoms with van der Waals surface area (Å²) in [6.45, 7) is 0. The van der Waals surface area contributed by atoms with Gasteiger partial charge in [-0.2, -0.15) is 10.4 Å². The van der Waals surface area contributed by atoms with Gasteiger partial charge in [0.1, 0.15) is 5.82 Å². The molecule has 0 aliphatic carbocycles. The maximum atomic E-state index is 13.3. The average Bonchev–Trinajstić information content (AvgIpc) is 3.04. The minimum absolute atomic E-state index is 0.0134. The van der Waals surface area contributed by atoms with Crippen molar-refractivity contribution in [1.82, 2.24) is 14.8 Å². The molecule has 0 aliphatic heterocycles. The number of nitrogens with zero attached hydrogens (tertiary/aromatic N) is 4. The third-order valence-electron chi connectivity index (χ3n) is 3.21. The number of hydrogen-bond acceptors (Lipinski definition) is 4. The Labute approximate surface area is 130 Å². The molecule has 0 atom stereocenters. The van der Waals surface area contributed by atoms with E-state index in [1.54, 1.807) is 12.1 Å². The van der Waals surface area contributed by atoms with Crippen LogP contribution in [0.1, 0.15) is 15.9 Å². The molecule has 3 rings (SSSR count). The van der Waals surface area contributed by atoms with E-state index in [0.29, 0.717) is 16.9 Å². The standard InChI is InChI=1S/C16H9FN4O2/c17-13-3-1-2-10(4-13)14-8-19-15(5-11(14)6-18)21-9-12(7-20-21)16(22)23/h1-5,7-9H,(H,22,23). The van der Waals surface area contributed by atoms with Crippen LogP contribution in [-0.2, 0) is 0 Å². The summed E-state index contributed by atoms with van der Waals surface area (Å²) in [4.78, 5) is 15.0. The fourth-order valence-electron chi connectivity index (χ4n) is 2.11. The maximum Gasteiger partial charge on any atom is 0.338 e. The number of pyridine rings is 1. The molecule has 0 unspecified atom stereocenters. The zero-order chi connectivity index (χ0) is 16.4. The minimum atomic E-state index is -1.10. The number of carbonyl (C=O) groups is 1. The zero-order valence-corrected chi connectivity index (χ0v) is 11.6. The SMILES string of the molecule is N#Cc1cc(-n2cc(C(=O)O)cn2)ncc1-c1cccc(F)c1. The van der Waals surface area contributed by atoms with Crippen molar-refractivity contribution < 1.29 is 14.3 Å². The second-order valence-electron chi connectivity index (χ2n) is 4.69. The quantitative estimate of drug-likeness (QED) is 0.803. The fourth-order valence-corrected chi connectivity index (χ4v) is 2.11. The van der Waals surface area contributed by atoms with Crippen LogP contribution >= 0.6 is 0 Å². The summed E-state index contributed by atoms with van der Waals surface area (Å²) in [5.41, 5.74) is 1.32. The highest BCUT2D eigenvalue weighted by atomic mass is 19.1. The van der Waals surface area contributed by atoms with Gasteiger partial charge in [-0.1, -0.05) is 12.1 Å². The van der Waals surface area contributed by atoms with Gasteiger partial charge in [0.15, 0.2) is 5.82 Å². The van der Waals surface area contributed by atoms with Gasteiger partial charge in [0, 0.05) is 24.0 Å². The predicted molar refractivity (Wildman–Crippen MR) is 78.4 cm³/mol. The number of benzene rings is 1. The van der Waals surface area contributed by atoms with Gasteiger partial charge in [0.2, 0.25) is 0 Å². The van der Waals surface area contributed by atoms with E-state index in [-0.39, 0.29) is 11.1 Å². The lowest BCUT2D eigenvalue weighted by Gasteiger charge is -2.06. The highest BCUT2D eigenvalue weighted by molar-refractivity contribution is 5.87. The molecule has 0 radical (unpaired) electrons. The van der Waals surface area contributed by atoms with Crippen LogP contribution in [0.4, 0.5) is 4.39 Å². The number of nitriles is 1. The molecule has 0 saturated carbocycles. The summed E-state index contributed by atoms with van der Waals surface area (Å²) in [5.74, 6) is -1.21. The molecule has 3 aromatic rings. The summed E-state index contributed by atoms with van der Waals surface area (Å²) >= 11 is 0. The van der Waals surface area contributed by atoms with Crippen LogP contribution in [0.15, 0.2) is 48.9 Å². The Kier molecular flexibility index (Phi) is 3.57. The first-order valence-corrected chi connectivity index (χ1v) is 6.53. The zero-order valence-electron chi connectivity index (χ0n) is 11.6. The molecule has 0 amide bonds. The lowest BCUT2D eigenvalue weighted by molar-refractivity contribution is 0.0697. The molecule has 0 aliphatic rings. The Morgan fingerprint density at radius 3 is 2.78 bits per heavy atom. The molecular weight excluding hydrogens is 299 g/mol. The third kappa shape index (κ3) is 2.78. The van der Waals surface area contributed by atoms with Gasteiger partial charge in [-0.05, 0) is 17.7 Å². The smallest absolute Gasteiger partial charge is 0.338 e. The number of carboxylic acids is 1. The van der Waals surface area contributed by atoms with E-state index >= 15 is 0 Å². The molecule has 1 aromatic carbocycles. The summed E-state index contributed by atoms with van der Waals surface area (Å²) in [7, 11) is 0. The Balaban J connectivity index is 2.06. The van der Waals surface area contributed by atoms with Crippen LogP contribution < -0.4 is 0 Å². The van der Waals surface area contributed by atoms with Gasteiger partial charge >= 0.3 is 5.97 Å². The Morgan fingerprint density at radius 2 is 2.13 bits per heavy atom. The first-order valence-electron chi connectivity index (χ1n) is 6.53. The van der Waals surface area contributed by atoms with Crippen molar-refractivity contribution in [3.05, 3.63) is 65.9 Å². The fraction of sp³-hybridized carbons (Fsp3) is 0. The van der Waals surface area contributed by atoms with E-state index in [9.17, 15) is 14.4 Å². The van der Waals surface area contributed by atoms with Crippen molar-refractivity contribution in [2.24, 2.45) is 0 Å². The number of aromatic carboxylic acids is 1. The highest BCUT2D eigenvalue weighted by Crippen LogP contribution is 2.24. The second kappa shape index (κ2) is 5.69. The number of aromatic nitrogens is 3. The molecule has 2 heterocycles. The van der Waals surface area contributed by atoms with E-state index in [1.165, 1.54) is 41.5 Å². The summed E-state index contributed by atoms with van der Waals surface area (Å²) in [6.07, 6.45) is 3.93. The lowest BCUT2D eigenvalue weighted by Crippen LogP contribution is -2.00. The Bertz CT molecular complexity index is 943. The molecule has 7 heteroatoms. The van der Waals surface area contributed by atoms with Gasteiger partial charge in [-0.3, -0.25) is 0 Å². The molecule has 0 bridgehead atoms. The Hall–Kier alpha value is -3.53. The summed E-state index contributed by atoms with van der Waals surface area (Å²) in [6, 6.07) is 9.36. The van der Waals surface area contributed by atoms with Crippen molar-refractivity contribution in [3.63, 3.8) is 0 Å². The molecule has 0 spiro atoms. The van der Waals surface area contributed by atoms with Crippen molar-refractivity contribution in [1.29, 1.82) is 5.26 Å². The average molecular weight is 308 g/mol. The summed E-state index contributed by atoms with van der Waals surface area (Å²) in [5, 5.41) is 22.1. The number of hydrogen-bond donors (Lipinski definition) is 1. The van der Waals surface area contributed by atoms with Gasteiger partial charge in [0.05, 0.1) is 23.4 Å². The van der Waals surface area contributed by atoms with Crippen LogP contribution in [0.5, 0.6) is 0 Å². The van der Waals surface area contributed by atoms with Crippen LogP contribution in [0.25, 0.3) is 16.9 Å². The lowest BCUT2D eigenvalue weighted by atomic mass is 10.0. The number of halogens is 1. The van der Waals surface area contributed by atoms with E-state index in [1.807, 2.05) is 6.07 Å². The molecule has 0 fully saturated rings. The largest absolute Gasteiger partial charge is 0.478 e. The first-order chi connectivity index (χ1) is 11.1. The van der Waals surface area contributed by atoms with E-state index in [2.05, 4.69) is 10.1 Å². The van der Waals surface area contributed by atoms with Gasteiger partial charge < -0.3 is 5.11 Å². The van der Waals surface area contributed by atoms with Gasteiger partial charge in [-0.25, -0.2) is 18.9 Å². The van der Waals surface area contributed by atoms with Crippen LogP contribution in [0.3, 0.4) is 0 Å². The highest BCUT2D eigenvalue weighted by Gasteiger charge is 2.12. The van der Waals surface area contributed by atoms with Crippen molar-refractivity contribution >= 4 is 5.97 Å². The van der Waals surface area contributed by atoms with Crippen molar-refractivity contribution in [2.75, 3.05) is 0 Å². The maximum absolute atomic E-state index is 13.3. The van der Waals surface area contributed by atoms with Crippen LogP contribution in [0.2, 0.25) is 0 Å². The number of rotatable bonds is 3. The monoisotopic (exact) mass is 308 g/mol. The molecule has 6 nitrogen and oxygen atoms in total. The van der Waals surface area contributed by atoms with Crippen LogP contribution in [0, 0.1) is 17.1 Å². The molecule has 112 valence electrons. The molecule has 0 saturated heterocycles. The van der Waals surface area contributed by atoms with E-state index < -0.39 is 11.8 Å². The van der Waals surface area contributed by atoms with Gasteiger partial charge in [-0.15, -0.1) is 0 Å². The minimum Gasteiger partial charge on any atom is -0.478 e. The second-order valence-corrected chi connectivity index (χ2v) is 4.69. The number of carboxylic acid groups (broad SMARTS) is 1. The molecule has 1 N–H and O–H groups in total. The first kappa shape index (κ1) is 14.4. The van der Waals surface area contributed by atoms with Gasteiger partial charge in [0.25, 0.3) is 0 Å².